The number of hydrogen-bond donors (Lipinski definition) is 0. The van der Waals surface area contributed by atoms with Gasteiger partial charge in [0.25, 0.3) is 0 Å². The summed E-state index contributed by atoms with van der Waals surface area (Å²) in [6.45, 7) is 0. The minimum Gasteiger partial charge on any atom is -0.249 e. The van der Waals surface area contributed by atoms with Crippen LogP contribution in [-0.2, 0) is 6.42 Å². The molecule has 2 nitrogen and oxygen atoms in total. The Balaban J connectivity index is 2.31. The third-order valence-electron chi connectivity index (χ3n) is 3.18. The first-order chi connectivity index (χ1) is 10.2. The molecular formula is C16H11BrCl2N2. The van der Waals surface area contributed by atoms with Crippen molar-refractivity contribution in [3.63, 3.8) is 0 Å². The van der Waals surface area contributed by atoms with Crippen molar-refractivity contribution in [2.45, 2.75) is 6.42 Å². The summed E-state index contributed by atoms with van der Waals surface area (Å²) in [5.74, 6) is 0. The highest BCUT2D eigenvalue weighted by Gasteiger charge is 2.14. The Labute approximate surface area is 141 Å². The number of halogens is 3. The Kier molecular flexibility index (Phi) is 4.43. The Morgan fingerprint density at radius 3 is 2.43 bits per heavy atom. The molecule has 5 heteroatoms. The number of aryl methyl sites for hydroxylation is 1. The van der Waals surface area contributed by atoms with Crippen LogP contribution >= 0.6 is 39.1 Å². The van der Waals surface area contributed by atoms with Crippen LogP contribution in [0, 0.1) is 0 Å². The quantitative estimate of drug-likeness (QED) is 0.556. The Hall–Kier alpha value is -1.16. The predicted molar refractivity (Wildman–Crippen MR) is 92.5 cm³/mol. The molecule has 3 rings (SSSR count). The van der Waals surface area contributed by atoms with E-state index in [-0.39, 0.29) is 0 Å². The van der Waals surface area contributed by atoms with Gasteiger partial charge < -0.3 is 0 Å². The van der Waals surface area contributed by atoms with Gasteiger partial charge >= 0.3 is 0 Å². The number of alkyl halides is 1. The Bertz CT molecular complexity index is 805. The number of para-hydroxylation sites is 1. The molecule has 1 heterocycles. The van der Waals surface area contributed by atoms with E-state index >= 15 is 0 Å². The minimum atomic E-state index is 0.596. The minimum absolute atomic E-state index is 0.596. The Morgan fingerprint density at radius 2 is 1.67 bits per heavy atom. The third kappa shape index (κ3) is 2.91. The first-order valence-electron chi connectivity index (χ1n) is 6.46. The van der Waals surface area contributed by atoms with Crippen molar-refractivity contribution in [1.29, 1.82) is 0 Å². The van der Waals surface area contributed by atoms with Crippen LogP contribution in [0.15, 0.2) is 42.5 Å². The predicted octanol–water partition coefficient (Wildman–Crippen LogP) is 5.54. The van der Waals surface area contributed by atoms with E-state index in [4.69, 9.17) is 33.2 Å². The number of fused-ring (bicyclic) bond motifs is 1. The zero-order chi connectivity index (χ0) is 14.8. The molecule has 3 aromatic rings. The molecular weight excluding hydrogens is 371 g/mol. The van der Waals surface area contributed by atoms with Gasteiger partial charge in [-0.25, -0.2) is 9.97 Å². The maximum Gasteiger partial charge on any atom is 0.108 e. The van der Waals surface area contributed by atoms with Crippen molar-refractivity contribution in [2.75, 3.05) is 5.33 Å². The topological polar surface area (TPSA) is 25.8 Å². The van der Waals surface area contributed by atoms with E-state index < -0.39 is 0 Å². The number of hydrogen-bond acceptors (Lipinski definition) is 2. The van der Waals surface area contributed by atoms with Crippen molar-refractivity contribution in [1.82, 2.24) is 9.97 Å². The van der Waals surface area contributed by atoms with E-state index in [2.05, 4.69) is 15.9 Å². The number of rotatable bonds is 3. The summed E-state index contributed by atoms with van der Waals surface area (Å²) in [5, 5.41) is 2.07. The van der Waals surface area contributed by atoms with Gasteiger partial charge in [-0.3, -0.25) is 0 Å². The second-order valence-electron chi connectivity index (χ2n) is 4.55. The fourth-order valence-electron chi connectivity index (χ4n) is 2.21. The highest BCUT2D eigenvalue weighted by atomic mass is 79.9. The summed E-state index contributed by atoms with van der Waals surface area (Å²) in [6.07, 6.45) is 0.774. The van der Waals surface area contributed by atoms with Gasteiger partial charge in [-0.05, 0) is 18.2 Å². The number of aromatic nitrogens is 2. The van der Waals surface area contributed by atoms with Crippen LogP contribution in [0.2, 0.25) is 10.0 Å². The first kappa shape index (κ1) is 14.8. The van der Waals surface area contributed by atoms with Gasteiger partial charge in [-0.1, -0.05) is 63.4 Å². The molecule has 0 N–H and O–H groups in total. The van der Waals surface area contributed by atoms with Gasteiger partial charge in [-0.15, -0.1) is 0 Å². The average molecular weight is 382 g/mol. The smallest absolute Gasteiger partial charge is 0.108 e. The van der Waals surface area contributed by atoms with E-state index in [0.717, 1.165) is 34.2 Å². The summed E-state index contributed by atoms with van der Waals surface area (Å²) < 4.78 is 0. The summed E-state index contributed by atoms with van der Waals surface area (Å²) in [5.41, 5.74) is 4.08. The van der Waals surface area contributed by atoms with Gasteiger partial charge in [0.15, 0.2) is 0 Å². The molecule has 0 aliphatic heterocycles. The number of benzene rings is 2. The molecule has 0 aliphatic carbocycles. The average Bonchev–Trinajstić information content (AvgIpc) is 2.48. The van der Waals surface area contributed by atoms with Crippen molar-refractivity contribution >= 4 is 50.2 Å². The Morgan fingerprint density at radius 1 is 0.905 bits per heavy atom. The van der Waals surface area contributed by atoms with Crippen LogP contribution in [0.25, 0.3) is 22.3 Å². The van der Waals surface area contributed by atoms with Gasteiger partial charge in [0.2, 0.25) is 0 Å². The van der Waals surface area contributed by atoms with Gasteiger partial charge in [0, 0.05) is 17.3 Å². The number of nitrogens with zero attached hydrogens (tertiary/aromatic N) is 2. The van der Waals surface area contributed by atoms with Crippen LogP contribution in [0.5, 0.6) is 0 Å². The summed E-state index contributed by atoms with van der Waals surface area (Å²) in [4.78, 5) is 9.43. The molecule has 0 aliphatic rings. The monoisotopic (exact) mass is 380 g/mol. The maximum absolute atomic E-state index is 6.31. The summed E-state index contributed by atoms with van der Waals surface area (Å²) >= 11 is 16.0. The lowest BCUT2D eigenvalue weighted by atomic mass is 10.1. The lowest BCUT2D eigenvalue weighted by Crippen LogP contribution is -2.00. The normalized spacial score (nSPS) is 11.0. The fraction of sp³-hybridized carbons (Fsp3) is 0.125. The molecule has 2 aromatic carbocycles. The van der Waals surface area contributed by atoms with Crippen molar-refractivity contribution in [3.8, 4) is 11.3 Å². The van der Waals surface area contributed by atoms with E-state index in [1.165, 1.54) is 0 Å². The molecule has 1 aromatic heterocycles. The standard InChI is InChI=1S/C16H11BrCl2N2/c17-9-8-14-15(10-4-1-2-5-11(10)18)21-16-12(19)6-3-7-13(16)20-14/h1-7H,8-9H2. The van der Waals surface area contributed by atoms with E-state index in [0.29, 0.717) is 15.6 Å². The van der Waals surface area contributed by atoms with Gasteiger partial charge in [-0.2, -0.15) is 0 Å². The molecule has 0 unspecified atom stereocenters. The molecule has 0 saturated heterocycles. The lowest BCUT2D eigenvalue weighted by molar-refractivity contribution is 1.05. The van der Waals surface area contributed by atoms with Crippen molar-refractivity contribution in [3.05, 3.63) is 58.2 Å². The lowest BCUT2D eigenvalue weighted by Gasteiger charge is -2.11. The zero-order valence-electron chi connectivity index (χ0n) is 11.0. The van der Waals surface area contributed by atoms with E-state index in [1.54, 1.807) is 0 Å². The molecule has 0 fully saturated rings. The molecule has 0 atom stereocenters. The zero-order valence-corrected chi connectivity index (χ0v) is 14.1. The molecule has 21 heavy (non-hydrogen) atoms. The molecule has 0 radical (unpaired) electrons. The molecule has 106 valence electrons. The second-order valence-corrected chi connectivity index (χ2v) is 6.15. The van der Waals surface area contributed by atoms with E-state index in [1.807, 2.05) is 42.5 Å². The molecule has 0 bridgehead atoms. The molecule has 0 spiro atoms. The summed E-state index contributed by atoms with van der Waals surface area (Å²) in [7, 11) is 0. The van der Waals surface area contributed by atoms with Gasteiger partial charge in [0.1, 0.15) is 5.52 Å². The largest absolute Gasteiger partial charge is 0.249 e. The maximum atomic E-state index is 6.31. The SMILES string of the molecule is Clc1ccccc1-c1nc2c(Cl)cccc2nc1CCBr. The molecule has 0 saturated carbocycles. The fourth-order valence-corrected chi connectivity index (χ4v) is 3.02. The third-order valence-corrected chi connectivity index (χ3v) is 4.21. The highest BCUT2D eigenvalue weighted by molar-refractivity contribution is 9.09. The van der Waals surface area contributed by atoms with Crippen molar-refractivity contribution in [2.24, 2.45) is 0 Å². The van der Waals surface area contributed by atoms with Crippen LogP contribution in [-0.4, -0.2) is 15.3 Å². The summed E-state index contributed by atoms with van der Waals surface area (Å²) in [6, 6.07) is 13.3. The van der Waals surface area contributed by atoms with Crippen LogP contribution < -0.4 is 0 Å². The van der Waals surface area contributed by atoms with Crippen LogP contribution in [0.4, 0.5) is 0 Å². The van der Waals surface area contributed by atoms with Crippen LogP contribution in [0.3, 0.4) is 0 Å². The highest BCUT2D eigenvalue weighted by Crippen LogP contribution is 2.31. The van der Waals surface area contributed by atoms with Gasteiger partial charge in [0.05, 0.1) is 26.9 Å². The van der Waals surface area contributed by atoms with Crippen molar-refractivity contribution < 1.29 is 0 Å². The van der Waals surface area contributed by atoms with E-state index in [9.17, 15) is 0 Å². The first-order valence-corrected chi connectivity index (χ1v) is 8.34. The van der Waals surface area contributed by atoms with Crippen LogP contribution in [0.1, 0.15) is 5.69 Å². The molecule has 0 amide bonds. The second kappa shape index (κ2) is 6.30.